The number of non-ortho nitro benzene ring substituents is 1. The largest absolute Gasteiger partial charge is 0.508 e. The number of benzene rings is 3. The topological polar surface area (TPSA) is 141 Å². The molecule has 45 heavy (non-hydrogen) atoms. The van der Waals surface area contributed by atoms with Crippen LogP contribution in [0.1, 0.15) is 44.2 Å². The van der Waals surface area contributed by atoms with E-state index in [0.29, 0.717) is 22.6 Å². The number of imide groups is 1. The van der Waals surface area contributed by atoms with Gasteiger partial charge in [0.15, 0.2) is 0 Å². The van der Waals surface area contributed by atoms with E-state index in [0.717, 1.165) is 21.6 Å². The molecular formula is C35H35ClN2O7. The average molecular weight is 631 g/mol. The molecule has 2 aliphatic rings. The molecule has 1 heterocycles. The minimum atomic E-state index is -1.02. The molecule has 3 aromatic rings. The van der Waals surface area contributed by atoms with Gasteiger partial charge in [0.2, 0.25) is 11.8 Å². The van der Waals surface area contributed by atoms with E-state index in [2.05, 4.69) is 0 Å². The number of rotatable bonds is 10. The van der Waals surface area contributed by atoms with E-state index >= 15 is 0 Å². The highest BCUT2D eigenvalue weighted by Crippen LogP contribution is 2.49. The molecule has 10 heteroatoms. The van der Waals surface area contributed by atoms with Crippen molar-refractivity contribution in [1.82, 2.24) is 0 Å². The standard InChI is InChI=1S/C35H35ClN2O7/c1-20(2)27-18-28-33(35(43)37(34(28)42)24-9-6-10-25(16-24)38(44)45)29(19-39)32(27)31(41)14-12-22(21-7-4-3-5-8-21)15-23-11-13-26(40)17-30(23)36/h3-11,13,15-17,20,28-29,31,33,39-41H,12,14,18-19H2,1-2H3/b22-15-/t28-,29+,31-,33-/m1/s1. The maximum Gasteiger partial charge on any atom is 0.271 e. The number of nitro groups is 1. The second-order valence-corrected chi connectivity index (χ2v) is 12.3. The predicted molar refractivity (Wildman–Crippen MR) is 172 cm³/mol. The first-order chi connectivity index (χ1) is 21.5. The van der Waals surface area contributed by atoms with E-state index in [1.54, 1.807) is 12.1 Å². The Hall–Kier alpha value is -4.31. The van der Waals surface area contributed by atoms with Crippen LogP contribution < -0.4 is 4.90 Å². The van der Waals surface area contributed by atoms with Crippen LogP contribution in [0.4, 0.5) is 11.4 Å². The third-order valence-corrected chi connectivity index (χ3v) is 9.14. The normalized spacial score (nSPS) is 21.0. The second kappa shape index (κ2) is 13.4. The van der Waals surface area contributed by atoms with Crippen LogP contribution in [-0.2, 0) is 9.59 Å². The minimum absolute atomic E-state index is 0.0524. The number of phenolic OH excluding ortho intramolecular Hbond substituents is 1. The molecule has 5 rings (SSSR count). The summed E-state index contributed by atoms with van der Waals surface area (Å²) >= 11 is 6.41. The number of aromatic hydroxyl groups is 1. The molecule has 1 aliphatic heterocycles. The maximum absolute atomic E-state index is 13.8. The monoisotopic (exact) mass is 630 g/mol. The molecule has 0 aromatic heterocycles. The molecular weight excluding hydrogens is 596 g/mol. The number of hydrogen-bond donors (Lipinski definition) is 3. The first-order valence-corrected chi connectivity index (χ1v) is 15.3. The summed E-state index contributed by atoms with van der Waals surface area (Å²) in [6, 6.07) is 19.8. The number of hydrogen-bond acceptors (Lipinski definition) is 7. The molecule has 0 spiro atoms. The summed E-state index contributed by atoms with van der Waals surface area (Å²) in [5, 5.41) is 44.0. The second-order valence-electron chi connectivity index (χ2n) is 11.8. The van der Waals surface area contributed by atoms with Crippen molar-refractivity contribution in [3.63, 3.8) is 0 Å². The number of anilines is 1. The van der Waals surface area contributed by atoms with Crippen LogP contribution in [0.5, 0.6) is 5.75 Å². The van der Waals surface area contributed by atoms with Gasteiger partial charge in [-0.3, -0.25) is 19.7 Å². The van der Waals surface area contributed by atoms with Gasteiger partial charge >= 0.3 is 0 Å². The molecule has 9 nitrogen and oxygen atoms in total. The summed E-state index contributed by atoms with van der Waals surface area (Å²) in [6.07, 6.45) is 1.84. The lowest BCUT2D eigenvalue weighted by Gasteiger charge is -2.38. The number of carbonyl (C=O) groups excluding carboxylic acids is 2. The lowest BCUT2D eigenvalue weighted by atomic mass is 9.66. The van der Waals surface area contributed by atoms with Crippen LogP contribution >= 0.6 is 11.6 Å². The van der Waals surface area contributed by atoms with Crippen molar-refractivity contribution in [3.05, 3.63) is 110 Å². The van der Waals surface area contributed by atoms with E-state index in [4.69, 9.17) is 11.6 Å². The van der Waals surface area contributed by atoms with Crippen LogP contribution in [0.15, 0.2) is 83.9 Å². The molecule has 234 valence electrons. The number of nitro benzene ring substituents is 1. The van der Waals surface area contributed by atoms with Crippen molar-refractivity contribution < 1.29 is 29.8 Å². The average Bonchev–Trinajstić information content (AvgIpc) is 3.28. The summed E-state index contributed by atoms with van der Waals surface area (Å²) in [6.45, 7) is 3.47. The number of halogens is 1. The van der Waals surface area contributed by atoms with Crippen molar-refractivity contribution in [1.29, 1.82) is 0 Å². The summed E-state index contributed by atoms with van der Waals surface area (Å²) < 4.78 is 0. The predicted octanol–water partition coefficient (Wildman–Crippen LogP) is 6.41. The number of allylic oxidation sites excluding steroid dienone is 2. The van der Waals surface area contributed by atoms with E-state index in [-0.39, 0.29) is 35.9 Å². The highest BCUT2D eigenvalue weighted by Gasteiger charge is 2.55. The Labute approximate surface area is 266 Å². The van der Waals surface area contributed by atoms with Crippen LogP contribution in [0.2, 0.25) is 5.02 Å². The Balaban J connectivity index is 1.47. The molecule has 3 N–H and O–H groups in total. The fourth-order valence-electron chi connectivity index (χ4n) is 6.67. The fourth-order valence-corrected chi connectivity index (χ4v) is 6.89. The Kier molecular flexibility index (Phi) is 9.53. The Morgan fingerprint density at radius 2 is 1.80 bits per heavy atom. The van der Waals surface area contributed by atoms with Gasteiger partial charge in [0.05, 0.1) is 40.2 Å². The van der Waals surface area contributed by atoms with Crippen molar-refractivity contribution >= 4 is 46.4 Å². The van der Waals surface area contributed by atoms with E-state index < -0.39 is 47.2 Å². The lowest BCUT2D eigenvalue weighted by molar-refractivity contribution is -0.384. The molecule has 2 amide bonds. The number of fused-ring (bicyclic) bond motifs is 1. The number of carbonyl (C=O) groups is 2. The van der Waals surface area contributed by atoms with Gasteiger partial charge in [-0.05, 0) is 77.8 Å². The van der Waals surface area contributed by atoms with E-state index in [9.17, 15) is 35.0 Å². The fraction of sp³-hybridized carbons (Fsp3) is 0.314. The Bertz CT molecular complexity index is 1680. The third kappa shape index (κ3) is 6.42. The number of phenols is 1. The van der Waals surface area contributed by atoms with Gasteiger partial charge < -0.3 is 15.3 Å². The van der Waals surface area contributed by atoms with Crippen molar-refractivity contribution in [2.45, 2.75) is 39.2 Å². The van der Waals surface area contributed by atoms with Crippen LogP contribution in [0.3, 0.4) is 0 Å². The van der Waals surface area contributed by atoms with Crippen LogP contribution in [0.25, 0.3) is 11.6 Å². The maximum atomic E-state index is 13.8. The first-order valence-electron chi connectivity index (χ1n) is 14.9. The smallest absolute Gasteiger partial charge is 0.271 e. The van der Waals surface area contributed by atoms with E-state index in [1.165, 1.54) is 30.3 Å². The van der Waals surface area contributed by atoms with Gasteiger partial charge in [-0.2, -0.15) is 0 Å². The summed E-state index contributed by atoms with van der Waals surface area (Å²) in [4.78, 5) is 39.3. The van der Waals surface area contributed by atoms with E-state index in [1.807, 2.05) is 50.3 Å². The molecule has 0 saturated carbocycles. The molecule has 0 unspecified atom stereocenters. The molecule has 0 radical (unpaired) electrons. The first kappa shape index (κ1) is 32.1. The highest BCUT2D eigenvalue weighted by molar-refractivity contribution is 6.32. The van der Waals surface area contributed by atoms with Crippen molar-refractivity contribution in [2.24, 2.45) is 23.7 Å². The van der Waals surface area contributed by atoms with Gasteiger partial charge in [0.1, 0.15) is 5.75 Å². The van der Waals surface area contributed by atoms with Crippen LogP contribution in [-0.4, -0.2) is 44.8 Å². The van der Waals surface area contributed by atoms with Gasteiger partial charge in [0.25, 0.3) is 5.69 Å². The zero-order valence-electron chi connectivity index (χ0n) is 25.0. The molecule has 1 fully saturated rings. The third-order valence-electron chi connectivity index (χ3n) is 8.82. The SMILES string of the molecule is CC(C)C1=C([C@H](O)CC/C(=C/c2ccc(O)cc2Cl)c2ccccc2)[C@H](CO)[C@@H]2C(=O)N(c3cccc([N+](=O)[O-])c3)C(=O)[C@@H]2C1. The van der Waals surface area contributed by atoms with Gasteiger partial charge in [-0.25, -0.2) is 4.90 Å². The van der Waals surface area contributed by atoms with Gasteiger partial charge in [-0.1, -0.05) is 67.4 Å². The number of aliphatic hydroxyl groups is 2. The van der Waals surface area contributed by atoms with Crippen molar-refractivity contribution in [3.8, 4) is 5.75 Å². The lowest BCUT2D eigenvalue weighted by Crippen LogP contribution is -2.39. The summed E-state index contributed by atoms with van der Waals surface area (Å²) in [5.41, 5.74) is 3.81. The van der Waals surface area contributed by atoms with Crippen LogP contribution in [0, 0.1) is 33.8 Å². The van der Waals surface area contributed by atoms with Gasteiger partial charge in [0, 0.05) is 18.1 Å². The molecule has 1 aliphatic carbocycles. The molecule has 1 saturated heterocycles. The Morgan fingerprint density at radius 3 is 2.44 bits per heavy atom. The quantitative estimate of drug-likeness (QED) is 0.0773. The molecule has 4 atom stereocenters. The molecule has 0 bridgehead atoms. The number of nitrogens with zero attached hydrogens (tertiary/aromatic N) is 2. The van der Waals surface area contributed by atoms with Crippen molar-refractivity contribution in [2.75, 3.05) is 11.5 Å². The highest BCUT2D eigenvalue weighted by atomic mass is 35.5. The number of aliphatic hydroxyl groups excluding tert-OH is 2. The van der Waals surface area contributed by atoms with Gasteiger partial charge in [-0.15, -0.1) is 0 Å². The summed E-state index contributed by atoms with van der Waals surface area (Å²) in [5.74, 6) is -3.48. The zero-order valence-corrected chi connectivity index (χ0v) is 25.7. The number of amides is 2. The zero-order chi connectivity index (χ0) is 32.4. The molecule has 3 aromatic carbocycles. The Morgan fingerprint density at radius 1 is 1.07 bits per heavy atom. The minimum Gasteiger partial charge on any atom is -0.508 e. The summed E-state index contributed by atoms with van der Waals surface area (Å²) in [7, 11) is 0.